The lowest BCUT2D eigenvalue weighted by molar-refractivity contribution is 0.232. The van der Waals surface area contributed by atoms with Crippen LogP contribution >= 0.6 is 0 Å². The summed E-state index contributed by atoms with van der Waals surface area (Å²) in [6.45, 7) is 7.75. The summed E-state index contributed by atoms with van der Waals surface area (Å²) in [5.41, 5.74) is 1.89. The van der Waals surface area contributed by atoms with Gasteiger partial charge < -0.3 is 9.84 Å². The highest BCUT2D eigenvalue weighted by Crippen LogP contribution is 2.21. The summed E-state index contributed by atoms with van der Waals surface area (Å²) in [5, 5.41) is 9.42. The third-order valence-electron chi connectivity index (χ3n) is 2.32. The molecule has 0 fully saturated rings. The molecule has 1 aromatic carbocycles. The molecule has 0 aliphatic carbocycles. The monoisotopic (exact) mass is 218 g/mol. The molecule has 0 aliphatic rings. The van der Waals surface area contributed by atoms with Gasteiger partial charge in [-0.15, -0.1) is 0 Å². The number of ether oxygens (including phenoxy) is 1. The fraction of sp³-hybridized carbons (Fsp3) is 0.286. The van der Waals surface area contributed by atoms with Gasteiger partial charge in [-0.2, -0.15) is 0 Å². The van der Waals surface area contributed by atoms with E-state index in [1.807, 2.05) is 37.3 Å². The number of para-hydroxylation sites is 1. The number of hydrogen-bond donors (Lipinski definition) is 1. The topological polar surface area (TPSA) is 29.5 Å². The van der Waals surface area contributed by atoms with Crippen molar-refractivity contribution in [3.05, 3.63) is 48.1 Å². The summed E-state index contributed by atoms with van der Waals surface area (Å²) < 4.78 is 5.52. The minimum Gasteiger partial charge on any atom is -0.489 e. The molecule has 0 bridgehead atoms. The van der Waals surface area contributed by atoms with Crippen LogP contribution in [0.25, 0.3) is 6.08 Å². The summed E-state index contributed by atoms with van der Waals surface area (Å²) in [4.78, 5) is 0. The summed E-state index contributed by atoms with van der Waals surface area (Å²) >= 11 is 0. The van der Waals surface area contributed by atoms with Gasteiger partial charge in [-0.1, -0.05) is 30.9 Å². The van der Waals surface area contributed by atoms with Crippen molar-refractivity contribution >= 4 is 6.08 Å². The van der Waals surface area contributed by atoms with Crippen molar-refractivity contribution < 1.29 is 9.84 Å². The third-order valence-corrected chi connectivity index (χ3v) is 2.32. The van der Waals surface area contributed by atoms with E-state index in [1.54, 1.807) is 13.0 Å². The Morgan fingerprint density at radius 2 is 2.19 bits per heavy atom. The first-order valence-electron chi connectivity index (χ1n) is 5.34. The molecule has 0 heterocycles. The molecular weight excluding hydrogens is 200 g/mol. The van der Waals surface area contributed by atoms with Gasteiger partial charge in [0.05, 0.1) is 6.10 Å². The largest absolute Gasteiger partial charge is 0.489 e. The Morgan fingerprint density at radius 1 is 1.50 bits per heavy atom. The normalized spacial score (nSPS) is 13.3. The lowest BCUT2D eigenvalue weighted by Gasteiger charge is -2.09. The Bertz CT molecular complexity index is 378. The summed E-state index contributed by atoms with van der Waals surface area (Å²) in [5.74, 6) is 0.808. The molecule has 1 unspecified atom stereocenters. The molecule has 86 valence electrons. The molecule has 0 saturated heterocycles. The Hall–Kier alpha value is -1.54. The average molecular weight is 218 g/mol. The molecule has 1 rings (SSSR count). The molecule has 1 N–H and O–H groups in total. The van der Waals surface area contributed by atoms with Crippen LogP contribution in [0.2, 0.25) is 0 Å². The van der Waals surface area contributed by atoms with E-state index in [-0.39, 0.29) is 0 Å². The van der Waals surface area contributed by atoms with E-state index >= 15 is 0 Å². The SMILES string of the molecule is C=CCOc1ccccc1/C=C(\C)C(C)O. The van der Waals surface area contributed by atoms with Gasteiger partial charge in [-0.05, 0) is 31.6 Å². The van der Waals surface area contributed by atoms with Crippen LogP contribution in [0.1, 0.15) is 19.4 Å². The van der Waals surface area contributed by atoms with Crippen LogP contribution in [0.3, 0.4) is 0 Å². The van der Waals surface area contributed by atoms with Crippen molar-refractivity contribution in [3.8, 4) is 5.75 Å². The van der Waals surface area contributed by atoms with Gasteiger partial charge in [-0.3, -0.25) is 0 Å². The quantitative estimate of drug-likeness (QED) is 0.770. The van der Waals surface area contributed by atoms with Crippen molar-refractivity contribution in [1.29, 1.82) is 0 Å². The van der Waals surface area contributed by atoms with Gasteiger partial charge in [0, 0.05) is 5.56 Å². The highest BCUT2D eigenvalue weighted by atomic mass is 16.5. The molecule has 1 atom stereocenters. The first-order chi connectivity index (χ1) is 7.65. The fourth-order valence-corrected chi connectivity index (χ4v) is 1.25. The van der Waals surface area contributed by atoms with E-state index in [0.717, 1.165) is 16.9 Å². The van der Waals surface area contributed by atoms with Crippen LogP contribution in [0.15, 0.2) is 42.5 Å². The second-order valence-electron chi connectivity index (χ2n) is 3.70. The van der Waals surface area contributed by atoms with Crippen molar-refractivity contribution in [2.45, 2.75) is 20.0 Å². The van der Waals surface area contributed by atoms with Gasteiger partial charge >= 0.3 is 0 Å². The fourth-order valence-electron chi connectivity index (χ4n) is 1.25. The predicted molar refractivity (Wildman–Crippen MR) is 67.5 cm³/mol. The zero-order valence-electron chi connectivity index (χ0n) is 9.81. The molecule has 2 nitrogen and oxygen atoms in total. The van der Waals surface area contributed by atoms with Gasteiger partial charge in [0.1, 0.15) is 12.4 Å². The predicted octanol–water partition coefficient (Wildman–Crippen LogP) is 3.04. The van der Waals surface area contributed by atoms with Crippen molar-refractivity contribution in [2.24, 2.45) is 0 Å². The smallest absolute Gasteiger partial charge is 0.126 e. The van der Waals surface area contributed by atoms with Crippen LogP contribution in [-0.2, 0) is 0 Å². The molecule has 0 saturated carbocycles. The third kappa shape index (κ3) is 3.55. The lowest BCUT2D eigenvalue weighted by atomic mass is 10.1. The first kappa shape index (κ1) is 12.5. The minimum absolute atomic E-state index is 0.438. The van der Waals surface area contributed by atoms with Crippen molar-refractivity contribution in [2.75, 3.05) is 6.61 Å². The number of aliphatic hydroxyl groups excluding tert-OH is 1. The minimum atomic E-state index is -0.438. The van der Waals surface area contributed by atoms with Crippen LogP contribution < -0.4 is 4.74 Å². The molecule has 1 aromatic rings. The second-order valence-corrected chi connectivity index (χ2v) is 3.70. The molecular formula is C14H18O2. The van der Waals surface area contributed by atoms with E-state index in [9.17, 15) is 5.11 Å². The summed E-state index contributed by atoms with van der Waals surface area (Å²) in [6, 6.07) is 7.74. The van der Waals surface area contributed by atoms with Crippen LogP contribution in [0, 0.1) is 0 Å². The number of hydrogen-bond acceptors (Lipinski definition) is 2. The number of aliphatic hydroxyl groups is 1. The van der Waals surface area contributed by atoms with Crippen molar-refractivity contribution in [3.63, 3.8) is 0 Å². The molecule has 0 spiro atoms. The van der Waals surface area contributed by atoms with Crippen LogP contribution in [-0.4, -0.2) is 17.8 Å². The van der Waals surface area contributed by atoms with E-state index in [4.69, 9.17) is 4.74 Å². The highest BCUT2D eigenvalue weighted by Gasteiger charge is 2.02. The maximum atomic E-state index is 9.42. The van der Waals surface area contributed by atoms with Gasteiger partial charge in [-0.25, -0.2) is 0 Å². The Balaban J connectivity index is 2.94. The van der Waals surface area contributed by atoms with E-state index in [1.165, 1.54) is 0 Å². The standard InChI is InChI=1S/C14H18O2/c1-4-9-16-14-8-6-5-7-13(14)10-11(2)12(3)15/h4-8,10,12,15H,1,9H2,2-3H3/b11-10+. The lowest BCUT2D eigenvalue weighted by Crippen LogP contribution is -2.01. The molecule has 0 aliphatic heterocycles. The second kappa shape index (κ2) is 6.13. The first-order valence-corrected chi connectivity index (χ1v) is 5.34. The zero-order chi connectivity index (χ0) is 12.0. The molecule has 0 amide bonds. The molecule has 16 heavy (non-hydrogen) atoms. The molecule has 0 radical (unpaired) electrons. The molecule has 2 heteroatoms. The van der Waals surface area contributed by atoms with Crippen LogP contribution in [0.4, 0.5) is 0 Å². The highest BCUT2D eigenvalue weighted by molar-refractivity contribution is 5.59. The summed E-state index contributed by atoms with van der Waals surface area (Å²) in [6.07, 6.45) is 3.21. The van der Waals surface area contributed by atoms with Crippen LogP contribution in [0.5, 0.6) is 5.75 Å². The van der Waals surface area contributed by atoms with E-state index < -0.39 is 6.10 Å². The maximum Gasteiger partial charge on any atom is 0.126 e. The average Bonchev–Trinajstić information content (AvgIpc) is 2.27. The zero-order valence-corrected chi connectivity index (χ0v) is 9.81. The van der Waals surface area contributed by atoms with Gasteiger partial charge in [0.25, 0.3) is 0 Å². The Labute approximate surface area is 96.9 Å². The molecule has 0 aromatic heterocycles. The number of rotatable bonds is 5. The Kier molecular flexibility index (Phi) is 4.80. The number of benzene rings is 1. The van der Waals surface area contributed by atoms with Crippen molar-refractivity contribution in [1.82, 2.24) is 0 Å². The van der Waals surface area contributed by atoms with E-state index in [0.29, 0.717) is 6.61 Å². The van der Waals surface area contributed by atoms with Gasteiger partial charge in [0.15, 0.2) is 0 Å². The van der Waals surface area contributed by atoms with Gasteiger partial charge in [0.2, 0.25) is 0 Å². The maximum absolute atomic E-state index is 9.42. The van der Waals surface area contributed by atoms with E-state index in [2.05, 4.69) is 6.58 Å². The Morgan fingerprint density at radius 3 is 2.81 bits per heavy atom. The summed E-state index contributed by atoms with van der Waals surface area (Å²) in [7, 11) is 0.